The number of benzene rings is 1. The molecule has 5 nitrogen and oxygen atoms in total. The monoisotopic (exact) mass is 236 g/mol. The van der Waals surface area contributed by atoms with Crippen molar-refractivity contribution in [3.63, 3.8) is 0 Å². The second-order valence-corrected chi connectivity index (χ2v) is 3.65. The van der Waals surface area contributed by atoms with Gasteiger partial charge in [-0.3, -0.25) is 4.68 Å². The molecule has 1 unspecified atom stereocenters. The first-order valence-corrected chi connectivity index (χ1v) is 5.07. The summed E-state index contributed by atoms with van der Waals surface area (Å²) in [4.78, 5) is 0. The van der Waals surface area contributed by atoms with Gasteiger partial charge in [0.2, 0.25) is 0 Å². The summed E-state index contributed by atoms with van der Waals surface area (Å²) in [5.41, 5.74) is 7.55. The lowest BCUT2D eigenvalue weighted by Crippen LogP contribution is -2.16. The van der Waals surface area contributed by atoms with E-state index in [0.717, 1.165) is 11.3 Å². The van der Waals surface area contributed by atoms with Crippen molar-refractivity contribution in [2.75, 3.05) is 7.11 Å². The van der Waals surface area contributed by atoms with Crippen molar-refractivity contribution in [2.24, 2.45) is 12.8 Å². The van der Waals surface area contributed by atoms with Crippen LogP contribution in [0.15, 0.2) is 24.4 Å². The minimum absolute atomic E-state index is 0.174. The molecule has 0 saturated carbocycles. The highest BCUT2D eigenvalue weighted by atomic mass is 19.1. The van der Waals surface area contributed by atoms with E-state index in [1.54, 1.807) is 30.1 Å². The Morgan fingerprint density at radius 1 is 1.47 bits per heavy atom. The summed E-state index contributed by atoms with van der Waals surface area (Å²) in [7, 11) is 3.17. The molecule has 90 valence electrons. The fourth-order valence-corrected chi connectivity index (χ4v) is 1.62. The Bertz CT molecular complexity index is 526. The third-order valence-corrected chi connectivity index (χ3v) is 2.60. The van der Waals surface area contributed by atoms with Crippen molar-refractivity contribution in [1.82, 2.24) is 15.0 Å². The Morgan fingerprint density at radius 3 is 2.82 bits per heavy atom. The van der Waals surface area contributed by atoms with Gasteiger partial charge in [-0.25, -0.2) is 4.39 Å². The third kappa shape index (κ3) is 2.12. The molecule has 2 aromatic rings. The summed E-state index contributed by atoms with van der Waals surface area (Å²) in [5, 5.41) is 7.56. The van der Waals surface area contributed by atoms with Crippen molar-refractivity contribution < 1.29 is 9.13 Å². The van der Waals surface area contributed by atoms with Crippen molar-refractivity contribution in [3.8, 4) is 5.75 Å². The normalized spacial score (nSPS) is 12.5. The van der Waals surface area contributed by atoms with Crippen molar-refractivity contribution in [3.05, 3.63) is 41.5 Å². The topological polar surface area (TPSA) is 66.0 Å². The number of methoxy groups -OCH3 is 1. The quantitative estimate of drug-likeness (QED) is 0.863. The van der Waals surface area contributed by atoms with E-state index >= 15 is 0 Å². The summed E-state index contributed by atoms with van der Waals surface area (Å²) < 4.78 is 19.8. The van der Waals surface area contributed by atoms with Gasteiger partial charge in [-0.15, -0.1) is 5.10 Å². The number of hydrogen-bond acceptors (Lipinski definition) is 4. The average Bonchev–Trinajstić information content (AvgIpc) is 2.75. The van der Waals surface area contributed by atoms with E-state index in [1.165, 1.54) is 13.2 Å². The minimum Gasteiger partial charge on any atom is -0.494 e. The maximum atomic E-state index is 13.3. The molecule has 2 rings (SSSR count). The molecule has 0 bridgehead atoms. The zero-order valence-electron chi connectivity index (χ0n) is 9.59. The Morgan fingerprint density at radius 2 is 2.24 bits per heavy atom. The van der Waals surface area contributed by atoms with E-state index in [0.29, 0.717) is 0 Å². The minimum atomic E-state index is -0.413. The Balaban J connectivity index is 2.38. The van der Waals surface area contributed by atoms with E-state index in [9.17, 15) is 4.39 Å². The largest absolute Gasteiger partial charge is 0.494 e. The van der Waals surface area contributed by atoms with Crippen LogP contribution in [0.5, 0.6) is 5.75 Å². The van der Waals surface area contributed by atoms with Crippen LogP contribution in [0.25, 0.3) is 0 Å². The molecular weight excluding hydrogens is 223 g/mol. The highest BCUT2D eigenvalue weighted by Crippen LogP contribution is 2.24. The first kappa shape index (κ1) is 11.5. The highest BCUT2D eigenvalue weighted by Gasteiger charge is 2.15. The standard InChI is InChI=1S/C11H13FN4O/c1-16-9(6-14-15-16)11(13)7-3-4-8(12)10(5-7)17-2/h3-6,11H,13H2,1-2H3. The number of nitrogens with zero attached hydrogens (tertiary/aromatic N) is 3. The fraction of sp³-hybridized carbons (Fsp3) is 0.273. The second kappa shape index (κ2) is 4.50. The fourth-order valence-electron chi connectivity index (χ4n) is 1.62. The zero-order valence-corrected chi connectivity index (χ0v) is 9.59. The molecule has 0 amide bonds. The van der Waals surface area contributed by atoms with Crippen molar-refractivity contribution >= 4 is 0 Å². The predicted molar refractivity (Wildman–Crippen MR) is 60.0 cm³/mol. The van der Waals surface area contributed by atoms with Gasteiger partial charge in [0.25, 0.3) is 0 Å². The molecule has 0 saturated heterocycles. The van der Waals surface area contributed by atoms with Crippen LogP contribution < -0.4 is 10.5 Å². The van der Waals surface area contributed by atoms with E-state index in [2.05, 4.69) is 10.3 Å². The van der Waals surface area contributed by atoms with Gasteiger partial charge < -0.3 is 10.5 Å². The summed E-state index contributed by atoms with van der Waals surface area (Å²) in [6, 6.07) is 4.12. The lowest BCUT2D eigenvalue weighted by Gasteiger charge is -2.13. The molecule has 1 aromatic carbocycles. The van der Waals surface area contributed by atoms with Gasteiger partial charge in [-0.05, 0) is 17.7 Å². The van der Waals surface area contributed by atoms with E-state index in [4.69, 9.17) is 10.5 Å². The number of aryl methyl sites for hydroxylation is 1. The smallest absolute Gasteiger partial charge is 0.165 e. The molecule has 0 fully saturated rings. The molecule has 1 atom stereocenters. The van der Waals surface area contributed by atoms with Gasteiger partial charge in [-0.1, -0.05) is 11.3 Å². The summed E-state index contributed by atoms with van der Waals surface area (Å²) in [6.07, 6.45) is 1.58. The molecule has 1 heterocycles. The number of hydrogen-bond donors (Lipinski definition) is 1. The Kier molecular flexibility index (Phi) is 3.06. The Hall–Kier alpha value is -1.95. The van der Waals surface area contributed by atoms with Crippen LogP contribution in [0.3, 0.4) is 0 Å². The van der Waals surface area contributed by atoms with E-state index in [1.807, 2.05) is 0 Å². The van der Waals surface area contributed by atoms with E-state index in [-0.39, 0.29) is 5.75 Å². The number of halogens is 1. The summed E-state index contributed by atoms with van der Waals surface area (Å²) >= 11 is 0. The molecule has 0 aliphatic heterocycles. The molecular formula is C11H13FN4O. The van der Waals surface area contributed by atoms with Crippen LogP contribution >= 0.6 is 0 Å². The van der Waals surface area contributed by atoms with Crippen LogP contribution in [0.1, 0.15) is 17.3 Å². The lowest BCUT2D eigenvalue weighted by molar-refractivity contribution is 0.385. The van der Waals surface area contributed by atoms with Crippen molar-refractivity contribution in [2.45, 2.75) is 6.04 Å². The van der Waals surface area contributed by atoms with Gasteiger partial charge in [0.1, 0.15) is 0 Å². The van der Waals surface area contributed by atoms with Crippen LogP contribution in [-0.4, -0.2) is 22.1 Å². The molecule has 0 spiro atoms. The summed E-state index contributed by atoms with van der Waals surface area (Å²) in [6.45, 7) is 0. The summed E-state index contributed by atoms with van der Waals surface area (Å²) in [5.74, 6) is -0.236. The van der Waals surface area contributed by atoms with Gasteiger partial charge in [0.05, 0.1) is 25.0 Å². The van der Waals surface area contributed by atoms with E-state index < -0.39 is 11.9 Å². The second-order valence-electron chi connectivity index (χ2n) is 3.65. The molecule has 17 heavy (non-hydrogen) atoms. The number of ether oxygens (including phenoxy) is 1. The van der Waals surface area contributed by atoms with Crippen molar-refractivity contribution in [1.29, 1.82) is 0 Å². The third-order valence-electron chi connectivity index (χ3n) is 2.60. The number of rotatable bonds is 3. The first-order chi connectivity index (χ1) is 8.13. The molecule has 0 aliphatic rings. The van der Waals surface area contributed by atoms with Gasteiger partial charge in [0, 0.05) is 7.05 Å². The molecule has 2 N–H and O–H groups in total. The van der Waals surface area contributed by atoms with Crippen LogP contribution in [-0.2, 0) is 7.05 Å². The lowest BCUT2D eigenvalue weighted by atomic mass is 10.0. The van der Waals surface area contributed by atoms with Crippen LogP contribution in [0, 0.1) is 5.82 Å². The van der Waals surface area contributed by atoms with Gasteiger partial charge >= 0.3 is 0 Å². The Labute approximate surface area is 98.0 Å². The van der Waals surface area contributed by atoms with Gasteiger partial charge in [-0.2, -0.15) is 0 Å². The molecule has 0 radical (unpaired) electrons. The van der Waals surface area contributed by atoms with Crippen LogP contribution in [0.2, 0.25) is 0 Å². The zero-order chi connectivity index (χ0) is 12.4. The SMILES string of the molecule is COc1cc(C(N)c2cnnn2C)ccc1F. The number of nitrogens with two attached hydrogens (primary N) is 1. The molecule has 0 aliphatic carbocycles. The molecule has 6 heteroatoms. The maximum Gasteiger partial charge on any atom is 0.165 e. The van der Waals surface area contributed by atoms with Crippen LogP contribution in [0.4, 0.5) is 4.39 Å². The average molecular weight is 236 g/mol. The molecule has 1 aromatic heterocycles. The van der Waals surface area contributed by atoms with Gasteiger partial charge in [0.15, 0.2) is 11.6 Å². The number of aromatic nitrogens is 3. The highest BCUT2D eigenvalue weighted by molar-refractivity contribution is 5.35. The maximum absolute atomic E-state index is 13.3. The predicted octanol–water partition coefficient (Wildman–Crippen LogP) is 1.01. The first-order valence-electron chi connectivity index (χ1n) is 5.07.